The van der Waals surface area contributed by atoms with Gasteiger partial charge in [0.15, 0.2) is 0 Å². The van der Waals surface area contributed by atoms with Crippen molar-refractivity contribution in [3.8, 4) is 5.75 Å². The zero-order valence-electron chi connectivity index (χ0n) is 11.9. The van der Waals surface area contributed by atoms with Crippen molar-refractivity contribution in [1.29, 1.82) is 0 Å². The van der Waals surface area contributed by atoms with Gasteiger partial charge in [0.25, 0.3) is 5.91 Å². The molecule has 1 aliphatic heterocycles. The fourth-order valence-electron chi connectivity index (χ4n) is 2.48. The molecule has 0 saturated carbocycles. The van der Waals surface area contributed by atoms with E-state index in [1.54, 1.807) is 0 Å². The fraction of sp³-hybridized carbons (Fsp3) is 0.562. The summed E-state index contributed by atoms with van der Waals surface area (Å²) in [6.45, 7) is 5.82. The van der Waals surface area contributed by atoms with Crippen LogP contribution in [0.3, 0.4) is 0 Å². The normalized spacial score (nSPS) is 19.3. The van der Waals surface area contributed by atoms with Gasteiger partial charge in [0, 0.05) is 18.2 Å². The Morgan fingerprint density at radius 2 is 2.05 bits per heavy atom. The van der Waals surface area contributed by atoms with Gasteiger partial charge in [-0.2, -0.15) is 0 Å². The van der Waals surface area contributed by atoms with Gasteiger partial charge >= 0.3 is 0 Å². The Balaban J connectivity index is 2.02. The van der Waals surface area contributed by atoms with Crippen LogP contribution in [0.4, 0.5) is 0 Å². The maximum absolute atomic E-state index is 12.4. The lowest BCUT2D eigenvalue weighted by atomic mass is 10.0. The highest BCUT2D eigenvalue weighted by Gasteiger charge is 2.23. The number of benzene rings is 1. The Morgan fingerprint density at radius 3 is 2.68 bits per heavy atom. The molecule has 0 bridgehead atoms. The molecule has 2 rings (SSSR count). The largest absolute Gasteiger partial charge is 0.494 e. The number of rotatable bonds is 4. The van der Waals surface area contributed by atoms with Crippen LogP contribution in [0.1, 0.15) is 49.9 Å². The predicted molar refractivity (Wildman–Crippen MR) is 76.6 cm³/mol. The summed E-state index contributed by atoms with van der Waals surface area (Å²) in [4.78, 5) is 14.4. The van der Waals surface area contributed by atoms with Gasteiger partial charge in [0.2, 0.25) is 0 Å². The molecular weight excluding hydrogens is 238 g/mol. The molecular formula is C16H23NO2. The minimum Gasteiger partial charge on any atom is -0.494 e. The van der Waals surface area contributed by atoms with E-state index in [0.29, 0.717) is 6.04 Å². The quantitative estimate of drug-likeness (QED) is 0.830. The number of nitrogens with zero attached hydrogens (tertiary/aromatic N) is 1. The van der Waals surface area contributed by atoms with Crippen molar-refractivity contribution < 1.29 is 9.53 Å². The van der Waals surface area contributed by atoms with Gasteiger partial charge in [-0.25, -0.2) is 0 Å². The average Bonchev–Trinajstić information content (AvgIpc) is 2.45. The molecule has 0 N–H and O–H groups in total. The third kappa shape index (κ3) is 3.49. The molecule has 0 spiro atoms. The van der Waals surface area contributed by atoms with E-state index >= 15 is 0 Å². The number of carbonyl (C=O) groups is 1. The standard InChI is InChI=1S/C16H23NO2/c1-3-12-19-15-9-7-14(8-10-15)16(18)17-11-5-4-6-13(17)2/h7-10,13H,3-6,11-12H2,1-2H3. The van der Waals surface area contributed by atoms with Crippen molar-refractivity contribution in [1.82, 2.24) is 4.90 Å². The van der Waals surface area contributed by atoms with Crippen LogP contribution in [-0.4, -0.2) is 30.0 Å². The van der Waals surface area contributed by atoms with E-state index in [-0.39, 0.29) is 5.91 Å². The molecule has 1 saturated heterocycles. The van der Waals surface area contributed by atoms with Crippen LogP contribution in [0.2, 0.25) is 0 Å². The predicted octanol–water partition coefficient (Wildman–Crippen LogP) is 3.49. The van der Waals surface area contributed by atoms with E-state index in [0.717, 1.165) is 43.7 Å². The second kappa shape index (κ2) is 6.60. The molecule has 104 valence electrons. The summed E-state index contributed by atoms with van der Waals surface area (Å²) in [7, 11) is 0. The molecule has 1 aromatic rings. The molecule has 3 nitrogen and oxygen atoms in total. The van der Waals surface area contributed by atoms with Gasteiger partial charge < -0.3 is 9.64 Å². The maximum atomic E-state index is 12.4. The lowest BCUT2D eigenvalue weighted by Gasteiger charge is -2.33. The number of hydrogen-bond acceptors (Lipinski definition) is 2. The van der Waals surface area contributed by atoms with Crippen molar-refractivity contribution in [3.63, 3.8) is 0 Å². The summed E-state index contributed by atoms with van der Waals surface area (Å²) >= 11 is 0. The Morgan fingerprint density at radius 1 is 1.32 bits per heavy atom. The summed E-state index contributed by atoms with van der Waals surface area (Å²) in [5.41, 5.74) is 0.762. The number of piperidine rings is 1. The molecule has 1 amide bonds. The first-order valence-corrected chi connectivity index (χ1v) is 7.26. The molecule has 3 heteroatoms. The summed E-state index contributed by atoms with van der Waals surface area (Å²) in [6, 6.07) is 7.87. The number of carbonyl (C=O) groups excluding carboxylic acids is 1. The first-order valence-electron chi connectivity index (χ1n) is 7.26. The highest BCUT2D eigenvalue weighted by molar-refractivity contribution is 5.94. The van der Waals surface area contributed by atoms with Crippen molar-refractivity contribution in [2.75, 3.05) is 13.2 Å². The molecule has 1 aromatic carbocycles. The highest BCUT2D eigenvalue weighted by Crippen LogP contribution is 2.20. The van der Waals surface area contributed by atoms with E-state index < -0.39 is 0 Å². The highest BCUT2D eigenvalue weighted by atomic mass is 16.5. The Kier molecular flexibility index (Phi) is 4.83. The van der Waals surface area contributed by atoms with Gasteiger partial charge in [0.05, 0.1) is 6.61 Å². The number of hydrogen-bond donors (Lipinski definition) is 0. The van der Waals surface area contributed by atoms with E-state index in [4.69, 9.17) is 4.74 Å². The molecule has 1 atom stereocenters. The van der Waals surface area contributed by atoms with Gasteiger partial charge in [-0.05, 0) is 56.9 Å². The molecule has 1 aliphatic rings. The van der Waals surface area contributed by atoms with E-state index in [1.165, 1.54) is 6.42 Å². The average molecular weight is 261 g/mol. The lowest BCUT2D eigenvalue weighted by molar-refractivity contribution is 0.0635. The first kappa shape index (κ1) is 13.9. The van der Waals surface area contributed by atoms with Crippen LogP contribution in [0, 0.1) is 0 Å². The fourth-order valence-corrected chi connectivity index (χ4v) is 2.48. The molecule has 1 fully saturated rings. The number of ether oxygens (including phenoxy) is 1. The Bertz CT molecular complexity index is 413. The zero-order valence-corrected chi connectivity index (χ0v) is 11.9. The van der Waals surface area contributed by atoms with Gasteiger partial charge in [-0.15, -0.1) is 0 Å². The number of amides is 1. The zero-order chi connectivity index (χ0) is 13.7. The van der Waals surface area contributed by atoms with Crippen molar-refractivity contribution in [3.05, 3.63) is 29.8 Å². The minimum atomic E-state index is 0.147. The second-order valence-electron chi connectivity index (χ2n) is 5.22. The van der Waals surface area contributed by atoms with Crippen molar-refractivity contribution in [2.45, 2.75) is 45.6 Å². The molecule has 1 heterocycles. The van der Waals surface area contributed by atoms with E-state index in [1.807, 2.05) is 29.2 Å². The lowest BCUT2D eigenvalue weighted by Crippen LogP contribution is -2.41. The molecule has 1 unspecified atom stereocenters. The molecule has 19 heavy (non-hydrogen) atoms. The molecule has 0 radical (unpaired) electrons. The monoisotopic (exact) mass is 261 g/mol. The smallest absolute Gasteiger partial charge is 0.254 e. The third-order valence-electron chi connectivity index (χ3n) is 3.64. The third-order valence-corrected chi connectivity index (χ3v) is 3.64. The SMILES string of the molecule is CCCOc1ccc(C(=O)N2CCCCC2C)cc1. The van der Waals surface area contributed by atoms with E-state index in [2.05, 4.69) is 13.8 Å². The summed E-state index contributed by atoms with van der Waals surface area (Å²) in [6.07, 6.45) is 4.46. The Hall–Kier alpha value is -1.51. The van der Waals surface area contributed by atoms with Crippen LogP contribution < -0.4 is 4.74 Å². The molecule has 0 aromatic heterocycles. The van der Waals surface area contributed by atoms with E-state index in [9.17, 15) is 4.79 Å². The summed E-state index contributed by atoms with van der Waals surface area (Å²) < 4.78 is 5.53. The topological polar surface area (TPSA) is 29.5 Å². The van der Waals surface area contributed by atoms with Crippen LogP contribution in [0.15, 0.2) is 24.3 Å². The van der Waals surface area contributed by atoms with Crippen LogP contribution in [-0.2, 0) is 0 Å². The maximum Gasteiger partial charge on any atom is 0.254 e. The summed E-state index contributed by atoms with van der Waals surface area (Å²) in [5.74, 6) is 0.985. The van der Waals surface area contributed by atoms with Crippen molar-refractivity contribution >= 4 is 5.91 Å². The van der Waals surface area contributed by atoms with Gasteiger partial charge in [-0.1, -0.05) is 6.92 Å². The molecule has 0 aliphatic carbocycles. The van der Waals surface area contributed by atoms with Gasteiger partial charge in [0.1, 0.15) is 5.75 Å². The van der Waals surface area contributed by atoms with Crippen LogP contribution in [0.5, 0.6) is 5.75 Å². The second-order valence-corrected chi connectivity index (χ2v) is 5.22. The van der Waals surface area contributed by atoms with Crippen LogP contribution in [0.25, 0.3) is 0 Å². The number of likely N-dealkylation sites (tertiary alicyclic amines) is 1. The van der Waals surface area contributed by atoms with Gasteiger partial charge in [-0.3, -0.25) is 4.79 Å². The minimum absolute atomic E-state index is 0.147. The summed E-state index contributed by atoms with van der Waals surface area (Å²) in [5, 5.41) is 0. The van der Waals surface area contributed by atoms with Crippen molar-refractivity contribution in [2.24, 2.45) is 0 Å². The first-order chi connectivity index (χ1) is 9.22. The Labute approximate surface area is 115 Å². The van der Waals surface area contributed by atoms with Crippen LogP contribution >= 0.6 is 0 Å².